The zero-order chi connectivity index (χ0) is 19.6. The average molecular weight is 386 g/mol. The Kier molecular flexibility index (Phi) is 8.07. The van der Waals surface area contributed by atoms with Crippen molar-refractivity contribution < 1.29 is 9.47 Å². The zero-order valence-corrected chi connectivity index (χ0v) is 17.1. The summed E-state index contributed by atoms with van der Waals surface area (Å²) in [4.78, 5) is 0. The summed E-state index contributed by atoms with van der Waals surface area (Å²) in [5.41, 5.74) is 5.81. The Bertz CT molecular complexity index is 773. The van der Waals surface area contributed by atoms with Gasteiger partial charge in [0.2, 0.25) is 0 Å². The van der Waals surface area contributed by atoms with Gasteiger partial charge >= 0.3 is 0 Å². The lowest BCUT2D eigenvalue weighted by Gasteiger charge is -2.12. The van der Waals surface area contributed by atoms with E-state index in [9.17, 15) is 0 Å². The van der Waals surface area contributed by atoms with Crippen LogP contribution in [0.3, 0.4) is 0 Å². The fourth-order valence-electron chi connectivity index (χ4n) is 2.25. The normalized spacial score (nSPS) is 10.9. The fourth-order valence-corrected chi connectivity index (χ4v) is 2.42. The van der Waals surface area contributed by atoms with Crippen LogP contribution in [0.2, 0.25) is 0 Å². The number of hydrogen-bond acceptors (Lipinski definition) is 4. The minimum atomic E-state index is 0.427. The van der Waals surface area contributed by atoms with Gasteiger partial charge in [-0.1, -0.05) is 31.5 Å². The van der Waals surface area contributed by atoms with Crippen LogP contribution in [0.4, 0.5) is 5.69 Å². The van der Waals surface area contributed by atoms with Gasteiger partial charge in [0.25, 0.3) is 0 Å². The van der Waals surface area contributed by atoms with Crippen molar-refractivity contribution in [2.75, 3.05) is 19.0 Å². The van der Waals surface area contributed by atoms with Crippen LogP contribution < -0.4 is 20.2 Å². The van der Waals surface area contributed by atoms with E-state index in [2.05, 4.69) is 29.7 Å². The number of hydrazone groups is 1. The summed E-state index contributed by atoms with van der Waals surface area (Å²) in [5.74, 6) is 2.02. The van der Waals surface area contributed by atoms with E-state index < -0.39 is 0 Å². The molecule has 27 heavy (non-hydrogen) atoms. The van der Waals surface area contributed by atoms with Gasteiger partial charge in [-0.05, 0) is 67.4 Å². The number of rotatable bonds is 8. The predicted octanol–water partition coefficient (Wildman–Crippen LogP) is 4.75. The number of thiocarbonyl (C=S) groups is 1. The van der Waals surface area contributed by atoms with Gasteiger partial charge in [0.15, 0.2) is 16.6 Å². The van der Waals surface area contributed by atoms with Crippen molar-refractivity contribution in [3.05, 3.63) is 53.6 Å². The molecule has 0 aliphatic heterocycles. The van der Waals surface area contributed by atoms with E-state index in [0.717, 1.165) is 23.4 Å². The van der Waals surface area contributed by atoms with Crippen LogP contribution in [0, 0.1) is 12.8 Å². The highest BCUT2D eigenvalue weighted by Crippen LogP contribution is 2.27. The minimum Gasteiger partial charge on any atom is -0.493 e. The van der Waals surface area contributed by atoms with E-state index in [1.165, 1.54) is 5.56 Å². The Hall–Kier alpha value is -2.60. The standard InChI is InChI=1S/C21H27N3O2S/c1-15(2)11-12-26-19-10-7-17(13-20(19)25-4)14-22-24-21(27)23-18-8-5-16(3)6-9-18/h5-10,13-15H,11-12H2,1-4H3,(H2,23,24,27)/b22-14+. The number of nitrogens with one attached hydrogen (secondary N) is 2. The minimum absolute atomic E-state index is 0.427. The molecular weight excluding hydrogens is 358 g/mol. The summed E-state index contributed by atoms with van der Waals surface area (Å²) in [7, 11) is 1.63. The van der Waals surface area contributed by atoms with Gasteiger partial charge in [0, 0.05) is 5.69 Å². The van der Waals surface area contributed by atoms with Crippen molar-refractivity contribution in [1.29, 1.82) is 0 Å². The number of hydrogen-bond donors (Lipinski definition) is 2. The third-order valence-electron chi connectivity index (χ3n) is 3.83. The molecule has 0 unspecified atom stereocenters. The molecule has 0 aromatic heterocycles. The van der Waals surface area contributed by atoms with Gasteiger partial charge in [-0.15, -0.1) is 0 Å². The van der Waals surface area contributed by atoms with Crippen molar-refractivity contribution in [1.82, 2.24) is 5.43 Å². The highest BCUT2D eigenvalue weighted by molar-refractivity contribution is 7.80. The lowest BCUT2D eigenvalue weighted by atomic mass is 10.1. The maximum atomic E-state index is 5.80. The first-order chi connectivity index (χ1) is 13.0. The largest absolute Gasteiger partial charge is 0.493 e. The molecule has 0 atom stereocenters. The van der Waals surface area contributed by atoms with Crippen LogP contribution in [-0.4, -0.2) is 25.0 Å². The Balaban J connectivity index is 1.89. The molecule has 0 fully saturated rings. The first-order valence-corrected chi connectivity index (χ1v) is 9.36. The molecule has 6 heteroatoms. The van der Waals surface area contributed by atoms with Crippen LogP contribution in [0.5, 0.6) is 11.5 Å². The van der Waals surface area contributed by atoms with E-state index in [1.807, 2.05) is 49.4 Å². The van der Waals surface area contributed by atoms with Crippen molar-refractivity contribution in [3.8, 4) is 11.5 Å². The topological polar surface area (TPSA) is 54.9 Å². The second kappa shape index (κ2) is 10.5. The van der Waals surface area contributed by atoms with Gasteiger partial charge < -0.3 is 14.8 Å². The van der Waals surface area contributed by atoms with Crippen molar-refractivity contribution in [2.24, 2.45) is 11.0 Å². The van der Waals surface area contributed by atoms with Crippen LogP contribution in [-0.2, 0) is 0 Å². The molecule has 0 saturated heterocycles. The summed E-state index contributed by atoms with van der Waals surface area (Å²) in [6.07, 6.45) is 2.69. The van der Waals surface area contributed by atoms with Gasteiger partial charge in [-0.2, -0.15) is 5.10 Å². The van der Waals surface area contributed by atoms with Crippen molar-refractivity contribution in [3.63, 3.8) is 0 Å². The second-order valence-electron chi connectivity index (χ2n) is 6.63. The second-order valence-corrected chi connectivity index (χ2v) is 7.04. The predicted molar refractivity (Wildman–Crippen MR) is 116 cm³/mol. The molecule has 0 amide bonds. The molecule has 144 valence electrons. The lowest BCUT2D eigenvalue weighted by molar-refractivity contribution is 0.273. The van der Waals surface area contributed by atoms with Crippen LogP contribution >= 0.6 is 12.2 Å². The molecule has 5 nitrogen and oxygen atoms in total. The van der Waals surface area contributed by atoms with E-state index >= 15 is 0 Å². The van der Waals surface area contributed by atoms with E-state index in [-0.39, 0.29) is 0 Å². The van der Waals surface area contributed by atoms with Crippen molar-refractivity contribution >= 4 is 29.2 Å². The quantitative estimate of drug-likeness (QED) is 0.390. The van der Waals surface area contributed by atoms with Crippen LogP contribution in [0.25, 0.3) is 0 Å². The maximum absolute atomic E-state index is 5.80. The molecule has 0 heterocycles. The van der Waals surface area contributed by atoms with Crippen LogP contribution in [0.1, 0.15) is 31.4 Å². The third kappa shape index (κ3) is 7.27. The fraction of sp³-hybridized carbons (Fsp3) is 0.333. The van der Waals surface area contributed by atoms with Gasteiger partial charge in [0.1, 0.15) is 0 Å². The number of anilines is 1. The molecule has 2 rings (SSSR count). The monoisotopic (exact) mass is 385 g/mol. The molecule has 2 aromatic rings. The molecule has 0 radical (unpaired) electrons. The Morgan fingerprint density at radius 1 is 1.15 bits per heavy atom. The number of ether oxygens (including phenoxy) is 2. The number of methoxy groups -OCH3 is 1. The SMILES string of the molecule is COc1cc(/C=N/NC(=S)Nc2ccc(C)cc2)ccc1OCCC(C)C. The Morgan fingerprint density at radius 3 is 2.56 bits per heavy atom. The number of nitrogens with zero attached hydrogens (tertiary/aromatic N) is 1. The summed E-state index contributed by atoms with van der Waals surface area (Å²) in [6.45, 7) is 7.05. The Morgan fingerprint density at radius 2 is 1.89 bits per heavy atom. The summed E-state index contributed by atoms with van der Waals surface area (Å²) >= 11 is 5.24. The maximum Gasteiger partial charge on any atom is 0.191 e. The lowest BCUT2D eigenvalue weighted by Crippen LogP contribution is -2.23. The average Bonchev–Trinajstić information content (AvgIpc) is 2.64. The van der Waals surface area contributed by atoms with E-state index in [4.69, 9.17) is 21.7 Å². The van der Waals surface area contributed by atoms with Gasteiger partial charge in [-0.25, -0.2) is 0 Å². The molecule has 0 spiro atoms. The Labute approximate surface area is 166 Å². The molecule has 0 aliphatic rings. The number of benzene rings is 2. The number of aryl methyl sites for hydroxylation is 1. The third-order valence-corrected chi connectivity index (χ3v) is 4.02. The molecule has 2 aromatic carbocycles. The summed E-state index contributed by atoms with van der Waals surface area (Å²) < 4.78 is 11.2. The van der Waals surface area contributed by atoms with Crippen LogP contribution in [0.15, 0.2) is 47.6 Å². The molecule has 2 N–H and O–H groups in total. The summed E-state index contributed by atoms with van der Waals surface area (Å²) in [6, 6.07) is 13.7. The van der Waals surface area contributed by atoms with E-state index in [1.54, 1.807) is 13.3 Å². The van der Waals surface area contributed by atoms with Crippen molar-refractivity contribution in [2.45, 2.75) is 27.2 Å². The summed E-state index contributed by atoms with van der Waals surface area (Å²) in [5, 5.41) is 7.68. The highest BCUT2D eigenvalue weighted by atomic mass is 32.1. The first-order valence-electron chi connectivity index (χ1n) is 8.95. The van der Waals surface area contributed by atoms with Gasteiger partial charge in [-0.3, -0.25) is 5.43 Å². The smallest absolute Gasteiger partial charge is 0.191 e. The van der Waals surface area contributed by atoms with E-state index in [0.29, 0.717) is 23.4 Å². The van der Waals surface area contributed by atoms with Gasteiger partial charge in [0.05, 0.1) is 19.9 Å². The zero-order valence-electron chi connectivity index (χ0n) is 16.3. The molecule has 0 bridgehead atoms. The first kappa shape index (κ1) is 20.7. The molecule has 0 saturated carbocycles. The highest BCUT2D eigenvalue weighted by Gasteiger charge is 2.06. The molecule has 0 aliphatic carbocycles. The molecular formula is C21H27N3O2S.